The molecule has 7 heteroatoms. The predicted molar refractivity (Wildman–Crippen MR) is 72.3 cm³/mol. The second-order valence-electron chi connectivity index (χ2n) is 4.82. The van der Waals surface area contributed by atoms with Gasteiger partial charge < -0.3 is 14.9 Å². The Balaban J connectivity index is 2.43. The monoisotopic (exact) mass is 269 g/mol. The van der Waals surface area contributed by atoms with Gasteiger partial charge in [-0.3, -0.25) is 4.68 Å². The van der Waals surface area contributed by atoms with Crippen LogP contribution in [0.25, 0.3) is 0 Å². The molecule has 0 aliphatic heterocycles. The van der Waals surface area contributed by atoms with Gasteiger partial charge in [-0.2, -0.15) is 0 Å². The molecule has 1 N–H and O–H groups in total. The molecule has 0 bridgehead atoms. The average molecular weight is 269 g/mol. The van der Waals surface area contributed by atoms with Crippen LogP contribution in [-0.4, -0.2) is 76.1 Å². The summed E-state index contributed by atoms with van der Waals surface area (Å²) in [5, 5.41) is 16.2. The lowest BCUT2D eigenvalue weighted by atomic mass is 10.3. The molecular formula is C12H23N5O2. The summed E-state index contributed by atoms with van der Waals surface area (Å²) in [7, 11) is 4.11. The van der Waals surface area contributed by atoms with Gasteiger partial charge in [0.05, 0.1) is 12.7 Å². The Labute approximate surface area is 113 Å². The summed E-state index contributed by atoms with van der Waals surface area (Å²) in [5.74, 6) is -1.04. The molecule has 7 nitrogen and oxygen atoms in total. The van der Waals surface area contributed by atoms with Crippen LogP contribution in [0.4, 0.5) is 0 Å². The molecule has 0 radical (unpaired) electrons. The fourth-order valence-corrected chi connectivity index (χ4v) is 1.74. The van der Waals surface area contributed by atoms with Crippen molar-refractivity contribution in [1.82, 2.24) is 24.8 Å². The van der Waals surface area contributed by atoms with Crippen molar-refractivity contribution in [3.05, 3.63) is 11.9 Å². The maximum Gasteiger partial charge on any atom is 0.358 e. The van der Waals surface area contributed by atoms with E-state index in [4.69, 9.17) is 5.11 Å². The van der Waals surface area contributed by atoms with Gasteiger partial charge >= 0.3 is 5.97 Å². The number of hydrogen-bond acceptors (Lipinski definition) is 5. The number of aromatic nitrogens is 3. The molecule has 0 unspecified atom stereocenters. The molecule has 0 fully saturated rings. The van der Waals surface area contributed by atoms with Crippen LogP contribution in [0.1, 0.15) is 23.8 Å². The summed E-state index contributed by atoms with van der Waals surface area (Å²) >= 11 is 0. The average Bonchev–Trinajstić information content (AvgIpc) is 2.81. The molecule has 19 heavy (non-hydrogen) atoms. The molecule has 0 amide bonds. The number of carboxylic acids is 1. The van der Waals surface area contributed by atoms with E-state index in [1.807, 2.05) is 0 Å². The number of carboxylic acid groups (broad SMARTS) is 1. The number of rotatable bonds is 9. The fraction of sp³-hybridized carbons (Fsp3) is 0.750. The molecule has 0 spiro atoms. The Morgan fingerprint density at radius 3 is 2.58 bits per heavy atom. The third-order valence-electron chi connectivity index (χ3n) is 2.81. The highest BCUT2D eigenvalue weighted by Crippen LogP contribution is 1.96. The minimum Gasteiger partial charge on any atom is -0.476 e. The largest absolute Gasteiger partial charge is 0.476 e. The molecule has 0 saturated heterocycles. The maximum atomic E-state index is 10.7. The summed E-state index contributed by atoms with van der Waals surface area (Å²) in [6.45, 7) is 6.71. The molecule has 1 aromatic rings. The van der Waals surface area contributed by atoms with E-state index in [9.17, 15) is 4.79 Å². The molecule has 0 aliphatic rings. The van der Waals surface area contributed by atoms with Crippen LogP contribution < -0.4 is 0 Å². The van der Waals surface area contributed by atoms with Crippen LogP contribution >= 0.6 is 0 Å². The number of carbonyl (C=O) groups is 1. The van der Waals surface area contributed by atoms with Crippen molar-refractivity contribution in [2.24, 2.45) is 0 Å². The maximum absolute atomic E-state index is 10.7. The Morgan fingerprint density at radius 2 is 2.05 bits per heavy atom. The summed E-state index contributed by atoms with van der Waals surface area (Å²) in [6.07, 6.45) is 2.57. The van der Waals surface area contributed by atoms with E-state index in [-0.39, 0.29) is 5.69 Å². The van der Waals surface area contributed by atoms with E-state index in [1.54, 1.807) is 4.68 Å². The van der Waals surface area contributed by atoms with Crippen molar-refractivity contribution in [2.75, 3.05) is 40.3 Å². The SMILES string of the molecule is CCCN(CCN(C)C)CCn1cc(C(=O)O)nn1. The summed E-state index contributed by atoms with van der Waals surface area (Å²) in [6, 6.07) is 0. The number of nitrogens with zero attached hydrogens (tertiary/aromatic N) is 5. The molecule has 0 saturated carbocycles. The van der Waals surface area contributed by atoms with Gasteiger partial charge in [-0.1, -0.05) is 12.1 Å². The number of aromatic carboxylic acids is 1. The molecule has 0 aromatic carbocycles. The molecule has 0 aliphatic carbocycles. The van der Waals surface area contributed by atoms with Crippen molar-refractivity contribution in [1.29, 1.82) is 0 Å². The van der Waals surface area contributed by atoms with Gasteiger partial charge in [0.1, 0.15) is 0 Å². The topological polar surface area (TPSA) is 74.5 Å². The zero-order chi connectivity index (χ0) is 14.3. The lowest BCUT2D eigenvalue weighted by molar-refractivity contribution is 0.0690. The Morgan fingerprint density at radius 1 is 1.32 bits per heavy atom. The fourth-order valence-electron chi connectivity index (χ4n) is 1.74. The molecule has 108 valence electrons. The van der Waals surface area contributed by atoms with E-state index in [0.29, 0.717) is 6.54 Å². The van der Waals surface area contributed by atoms with Crippen LogP contribution in [0.5, 0.6) is 0 Å². The second-order valence-corrected chi connectivity index (χ2v) is 4.82. The third kappa shape index (κ3) is 5.80. The minimum atomic E-state index is -1.04. The smallest absolute Gasteiger partial charge is 0.358 e. The van der Waals surface area contributed by atoms with E-state index in [0.717, 1.165) is 32.6 Å². The van der Waals surface area contributed by atoms with Gasteiger partial charge in [0.2, 0.25) is 0 Å². The van der Waals surface area contributed by atoms with E-state index < -0.39 is 5.97 Å². The van der Waals surface area contributed by atoms with Gasteiger partial charge in [0.15, 0.2) is 5.69 Å². The van der Waals surface area contributed by atoms with Crippen LogP contribution in [0.15, 0.2) is 6.20 Å². The third-order valence-corrected chi connectivity index (χ3v) is 2.81. The molecule has 0 atom stereocenters. The lowest BCUT2D eigenvalue weighted by Gasteiger charge is -2.23. The summed E-state index contributed by atoms with van der Waals surface area (Å²) < 4.78 is 1.59. The van der Waals surface area contributed by atoms with Gasteiger partial charge in [-0.05, 0) is 27.1 Å². The quantitative estimate of drug-likeness (QED) is 0.692. The highest BCUT2D eigenvalue weighted by Gasteiger charge is 2.09. The first-order valence-corrected chi connectivity index (χ1v) is 6.53. The number of likely N-dealkylation sites (N-methyl/N-ethyl adjacent to an activating group) is 1. The van der Waals surface area contributed by atoms with Gasteiger partial charge in [-0.15, -0.1) is 5.10 Å². The van der Waals surface area contributed by atoms with Crippen LogP contribution in [-0.2, 0) is 6.54 Å². The van der Waals surface area contributed by atoms with Gasteiger partial charge in [0.25, 0.3) is 0 Å². The standard InChI is InChI=1S/C12H23N5O2/c1-4-5-16(7-6-15(2)3)8-9-17-10-11(12(18)19)13-14-17/h10H,4-9H2,1-3H3,(H,18,19). The highest BCUT2D eigenvalue weighted by atomic mass is 16.4. The minimum absolute atomic E-state index is 0.00432. The van der Waals surface area contributed by atoms with E-state index in [1.165, 1.54) is 6.20 Å². The molecule has 1 heterocycles. The van der Waals surface area contributed by atoms with E-state index in [2.05, 4.69) is 41.1 Å². The highest BCUT2D eigenvalue weighted by molar-refractivity contribution is 5.84. The van der Waals surface area contributed by atoms with Crippen molar-refractivity contribution >= 4 is 5.97 Å². The van der Waals surface area contributed by atoms with Crippen LogP contribution in [0.3, 0.4) is 0 Å². The zero-order valence-corrected chi connectivity index (χ0v) is 11.9. The van der Waals surface area contributed by atoms with Crippen molar-refractivity contribution in [2.45, 2.75) is 19.9 Å². The Hall–Kier alpha value is -1.47. The van der Waals surface area contributed by atoms with Gasteiger partial charge in [-0.25, -0.2) is 4.79 Å². The summed E-state index contributed by atoms with van der Waals surface area (Å²) in [4.78, 5) is 15.2. The van der Waals surface area contributed by atoms with Crippen LogP contribution in [0.2, 0.25) is 0 Å². The molecule has 1 aromatic heterocycles. The second kappa shape index (κ2) is 7.85. The van der Waals surface area contributed by atoms with E-state index >= 15 is 0 Å². The van der Waals surface area contributed by atoms with Crippen molar-refractivity contribution in [3.63, 3.8) is 0 Å². The zero-order valence-electron chi connectivity index (χ0n) is 11.9. The van der Waals surface area contributed by atoms with Crippen molar-refractivity contribution < 1.29 is 9.90 Å². The predicted octanol–water partition coefficient (Wildman–Crippen LogP) is 0.250. The summed E-state index contributed by atoms with van der Waals surface area (Å²) in [5.41, 5.74) is -0.00432. The Kier molecular flexibility index (Phi) is 6.44. The van der Waals surface area contributed by atoms with Crippen LogP contribution in [0, 0.1) is 0 Å². The van der Waals surface area contributed by atoms with Crippen molar-refractivity contribution in [3.8, 4) is 0 Å². The van der Waals surface area contributed by atoms with Gasteiger partial charge in [0, 0.05) is 19.6 Å². The first-order chi connectivity index (χ1) is 9.02. The first-order valence-electron chi connectivity index (χ1n) is 6.53. The number of hydrogen-bond donors (Lipinski definition) is 1. The first kappa shape index (κ1) is 15.6. The normalized spacial score (nSPS) is 11.4. The molecule has 1 rings (SSSR count). The lowest BCUT2D eigenvalue weighted by Crippen LogP contribution is -2.34. The Bertz CT molecular complexity index is 391. The molecular weight excluding hydrogens is 246 g/mol.